The van der Waals surface area contributed by atoms with E-state index in [0.29, 0.717) is 17.7 Å². The van der Waals surface area contributed by atoms with Gasteiger partial charge in [-0.1, -0.05) is 12.1 Å². The van der Waals surface area contributed by atoms with Crippen molar-refractivity contribution in [2.24, 2.45) is 0 Å². The van der Waals surface area contributed by atoms with Crippen LogP contribution in [0.2, 0.25) is 0 Å². The minimum Gasteiger partial charge on any atom is -0.508 e. The number of anilines is 1. The van der Waals surface area contributed by atoms with Gasteiger partial charge in [-0.05, 0) is 43.3 Å². The molecule has 1 atom stereocenters. The summed E-state index contributed by atoms with van der Waals surface area (Å²) in [7, 11) is 0. The van der Waals surface area contributed by atoms with E-state index in [1.54, 1.807) is 36.4 Å². The number of amides is 2. The highest BCUT2D eigenvalue weighted by atomic mass is 16.3. The maximum atomic E-state index is 12.6. The number of rotatable bonds is 4. The lowest BCUT2D eigenvalue weighted by Gasteiger charge is -2.38. The second kappa shape index (κ2) is 7.04. The molecular weight excluding hydrogens is 342 g/mol. The van der Waals surface area contributed by atoms with Crippen LogP contribution in [0.5, 0.6) is 5.75 Å². The molecule has 2 amide bonds. The van der Waals surface area contributed by atoms with E-state index < -0.39 is 0 Å². The summed E-state index contributed by atoms with van der Waals surface area (Å²) in [5.41, 5.74) is 2.11. The summed E-state index contributed by atoms with van der Waals surface area (Å²) in [5, 5.41) is 9.42. The summed E-state index contributed by atoms with van der Waals surface area (Å²) in [5.74, 6) is -0.108. The van der Waals surface area contributed by atoms with Gasteiger partial charge in [0, 0.05) is 38.4 Å². The average Bonchev–Trinajstić information content (AvgIpc) is 2.94. The third kappa shape index (κ3) is 3.28. The van der Waals surface area contributed by atoms with Crippen LogP contribution in [-0.2, 0) is 0 Å². The quantitative estimate of drug-likeness (QED) is 0.842. The molecule has 0 saturated carbocycles. The number of carbonyl (C=O) groups excluding carboxylic acids is 2. The van der Waals surface area contributed by atoms with Crippen LogP contribution in [0.15, 0.2) is 48.5 Å². The van der Waals surface area contributed by atoms with Crippen molar-refractivity contribution in [3.8, 4) is 5.75 Å². The fraction of sp³-hybridized carbons (Fsp3) is 0.333. The molecule has 0 aromatic heterocycles. The molecule has 1 N–H and O–H groups in total. The van der Waals surface area contributed by atoms with Crippen molar-refractivity contribution in [1.82, 2.24) is 9.80 Å². The SMILES string of the molecule is CC(CN1CCN(c2ccc(O)cc2)CC1)N1C(=O)c2ccccc2C1=O. The van der Waals surface area contributed by atoms with Crippen LogP contribution in [0.1, 0.15) is 27.6 Å². The van der Waals surface area contributed by atoms with Gasteiger partial charge in [0.2, 0.25) is 0 Å². The van der Waals surface area contributed by atoms with Crippen LogP contribution in [0.4, 0.5) is 5.69 Å². The van der Waals surface area contributed by atoms with Gasteiger partial charge in [-0.2, -0.15) is 0 Å². The number of hydrogen-bond donors (Lipinski definition) is 1. The van der Waals surface area contributed by atoms with E-state index in [1.165, 1.54) is 4.90 Å². The highest BCUT2D eigenvalue weighted by molar-refractivity contribution is 6.21. The van der Waals surface area contributed by atoms with E-state index in [2.05, 4.69) is 9.80 Å². The van der Waals surface area contributed by atoms with Gasteiger partial charge in [-0.15, -0.1) is 0 Å². The van der Waals surface area contributed by atoms with Crippen molar-refractivity contribution in [3.05, 3.63) is 59.7 Å². The summed E-state index contributed by atoms with van der Waals surface area (Å²) < 4.78 is 0. The number of fused-ring (bicyclic) bond motifs is 1. The van der Waals surface area contributed by atoms with Crippen molar-refractivity contribution in [2.45, 2.75) is 13.0 Å². The molecule has 0 spiro atoms. The van der Waals surface area contributed by atoms with Gasteiger partial charge in [0.1, 0.15) is 5.75 Å². The molecule has 2 aromatic rings. The van der Waals surface area contributed by atoms with Crippen LogP contribution in [0, 0.1) is 0 Å². The van der Waals surface area contributed by atoms with Crippen LogP contribution in [-0.4, -0.2) is 65.5 Å². The van der Waals surface area contributed by atoms with Crippen molar-refractivity contribution >= 4 is 17.5 Å². The fourth-order valence-corrected chi connectivity index (χ4v) is 3.92. The molecular formula is C21H23N3O3. The summed E-state index contributed by atoms with van der Waals surface area (Å²) in [6.07, 6.45) is 0. The largest absolute Gasteiger partial charge is 0.508 e. The van der Waals surface area contributed by atoms with Crippen LogP contribution >= 0.6 is 0 Å². The zero-order chi connectivity index (χ0) is 19.0. The van der Waals surface area contributed by atoms with Crippen LogP contribution in [0.25, 0.3) is 0 Å². The molecule has 1 fully saturated rings. The molecule has 1 saturated heterocycles. The molecule has 27 heavy (non-hydrogen) atoms. The zero-order valence-electron chi connectivity index (χ0n) is 15.3. The first-order chi connectivity index (χ1) is 13.0. The summed E-state index contributed by atoms with van der Waals surface area (Å²) in [6, 6.07) is 14.1. The summed E-state index contributed by atoms with van der Waals surface area (Å²) >= 11 is 0. The minimum absolute atomic E-state index is 0.169. The Hall–Kier alpha value is -2.86. The number of phenolic OH excluding ortho intramolecular Hbond substituents is 1. The van der Waals surface area contributed by atoms with Gasteiger partial charge in [0.05, 0.1) is 17.2 Å². The predicted octanol–water partition coefficient (Wildman–Crippen LogP) is 2.20. The van der Waals surface area contributed by atoms with Gasteiger partial charge in [-0.3, -0.25) is 19.4 Å². The van der Waals surface area contributed by atoms with E-state index in [0.717, 1.165) is 31.9 Å². The van der Waals surface area contributed by atoms with E-state index in [4.69, 9.17) is 0 Å². The van der Waals surface area contributed by atoms with Crippen molar-refractivity contribution < 1.29 is 14.7 Å². The molecule has 1 unspecified atom stereocenters. The highest BCUT2D eigenvalue weighted by Crippen LogP contribution is 2.25. The number of benzene rings is 2. The molecule has 6 nitrogen and oxygen atoms in total. The molecule has 2 heterocycles. The minimum atomic E-state index is -0.189. The standard InChI is InChI=1S/C21H23N3O3/c1-15(24-20(26)18-4-2-3-5-19(18)21(24)27)14-22-10-12-23(13-11-22)16-6-8-17(25)9-7-16/h2-9,15,25H,10-14H2,1H3. The van der Waals surface area contributed by atoms with E-state index >= 15 is 0 Å². The van der Waals surface area contributed by atoms with Crippen LogP contribution < -0.4 is 4.90 Å². The summed E-state index contributed by atoms with van der Waals surface area (Å²) in [6.45, 7) is 6.10. The second-order valence-electron chi connectivity index (χ2n) is 7.18. The average molecular weight is 365 g/mol. The number of phenols is 1. The maximum Gasteiger partial charge on any atom is 0.261 e. The van der Waals surface area contributed by atoms with Crippen LogP contribution in [0.3, 0.4) is 0 Å². The Morgan fingerprint density at radius 2 is 1.44 bits per heavy atom. The number of carbonyl (C=O) groups is 2. The lowest BCUT2D eigenvalue weighted by molar-refractivity contribution is 0.0557. The van der Waals surface area contributed by atoms with E-state index in [-0.39, 0.29) is 23.6 Å². The topological polar surface area (TPSA) is 64.1 Å². The molecule has 0 radical (unpaired) electrons. The molecule has 140 valence electrons. The van der Waals surface area contributed by atoms with E-state index in [1.807, 2.05) is 19.1 Å². The Morgan fingerprint density at radius 3 is 2.00 bits per heavy atom. The van der Waals surface area contributed by atoms with Gasteiger partial charge in [-0.25, -0.2) is 0 Å². The molecule has 6 heteroatoms. The molecule has 2 aliphatic rings. The first kappa shape index (κ1) is 17.5. The number of aromatic hydroxyl groups is 1. The molecule has 2 aliphatic heterocycles. The second-order valence-corrected chi connectivity index (χ2v) is 7.18. The van der Waals surface area contributed by atoms with Crippen molar-refractivity contribution in [1.29, 1.82) is 0 Å². The number of piperazine rings is 1. The number of hydrogen-bond acceptors (Lipinski definition) is 5. The van der Waals surface area contributed by atoms with E-state index in [9.17, 15) is 14.7 Å². The van der Waals surface area contributed by atoms with Gasteiger partial charge in [0.15, 0.2) is 0 Å². The third-order valence-electron chi connectivity index (χ3n) is 5.38. The molecule has 2 aromatic carbocycles. The Kier molecular flexibility index (Phi) is 4.58. The third-order valence-corrected chi connectivity index (χ3v) is 5.38. The smallest absolute Gasteiger partial charge is 0.261 e. The normalized spacial score (nSPS) is 18.7. The lowest BCUT2D eigenvalue weighted by Crippen LogP contribution is -2.51. The first-order valence-corrected chi connectivity index (χ1v) is 9.28. The summed E-state index contributed by atoms with van der Waals surface area (Å²) in [4.78, 5) is 31.2. The van der Waals surface area contributed by atoms with Gasteiger partial charge >= 0.3 is 0 Å². The number of imide groups is 1. The Morgan fingerprint density at radius 1 is 0.889 bits per heavy atom. The Balaban J connectivity index is 1.36. The van der Waals surface area contributed by atoms with Crippen molar-refractivity contribution in [2.75, 3.05) is 37.6 Å². The monoisotopic (exact) mass is 365 g/mol. The first-order valence-electron chi connectivity index (χ1n) is 9.28. The molecule has 0 aliphatic carbocycles. The van der Waals surface area contributed by atoms with Crippen molar-refractivity contribution in [3.63, 3.8) is 0 Å². The molecule has 0 bridgehead atoms. The van der Waals surface area contributed by atoms with Gasteiger partial charge in [0.25, 0.3) is 11.8 Å². The fourth-order valence-electron chi connectivity index (χ4n) is 3.92. The maximum absolute atomic E-state index is 12.6. The zero-order valence-corrected chi connectivity index (χ0v) is 15.3. The Bertz CT molecular complexity index is 822. The highest BCUT2D eigenvalue weighted by Gasteiger charge is 2.38. The number of nitrogens with zero attached hydrogens (tertiary/aromatic N) is 3. The predicted molar refractivity (Wildman–Crippen MR) is 103 cm³/mol. The Labute approximate surface area is 158 Å². The van der Waals surface area contributed by atoms with Gasteiger partial charge < -0.3 is 10.0 Å². The molecule has 4 rings (SSSR count). The lowest BCUT2D eigenvalue weighted by atomic mass is 10.1.